The summed E-state index contributed by atoms with van der Waals surface area (Å²) in [4.78, 5) is 15.0. The van der Waals surface area contributed by atoms with Crippen molar-refractivity contribution < 1.29 is 14.6 Å². The molecule has 5 rings (SSSR count). The third kappa shape index (κ3) is 1.98. The molecule has 1 heterocycles. The fourth-order valence-electron chi connectivity index (χ4n) is 4.95. The summed E-state index contributed by atoms with van der Waals surface area (Å²) in [5.41, 5.74) is 0.190. The van der Waals surface area contributed by atoms with Gasteiger partial charge in [0.1, 0.15) is 5.60 Å². The molecule has 4 aliphatic rings. The Kier molecular flexibility index (Phi) is 2.56. The first-order chi connectivity index (χ1) is 9.62. The molecule has 0 radical (unpaired) electrons. The highest BCUT2D eigenvalue weighted by molar-refractivity contribution is 5.87. The number of nitrogens with zero attached hydrogens (tertiary/aromatic N) is 1. The van der Waals surface area contributed by atoms with Gasteiger partial charge in [0, 0.05) is 12.3 Å². The minimum atomic E-state index is -0.946. The molecule has 1 aromatic rings. The molecule has 0 atom stereocenters. The van der Waals surface area contributed by atoms with Crippen LogP contribution in [0.3, 0.4) is 0 Å². The number of ether oxygens (including phenoxy) is 1. The molecule has 0 spiro atoms. The predicted octanol–water partition coefficient (Wildman–Crippen LogP) is 3.13. The van der Waals surface area contributed by atoms with Crippen molar-refractivity contribution >= 4 is 5.97 Å². The predicted molar refractivity (Wildman–Crippen MR) is 72.7 cm³/mol. The molecule has 4 bridgehead atoms. The average Bonchev–Trinajstić information content (AvgIpc) is 2.37. The largest absolute Gasteiger partial charge is 0.478 e. The third-order valence-electron chi connectivity index (χ3n) is 5.29. The Bertz CT molecular complexity index is 502. The lowest BCUT2D eigenvalue weighted by Gasteiger charge is -2.55. The Labute approximate surface area is 118 Å². The monoisotopic (exact) mass is 273 g/mol. The van der Waals surface area contributed by atoms with Crippen molar-refractivity contribution in [1.29, 1.82) is 0 Å². The van der Waals surface area contributed by atoms with Gasteiger partial charge in [0.2, 0.25) is 5.88 Å². The van der Waals surface area contributed by atoms with Crippen LogP contribution in [0.4, 0.5) is 0 Å². The van der Waals surface area contributed by atoms with Crippen molar-refractivity contribution in [3.8, 4) is 5.88 Å². The number of aromatic nitrogens is 1. The van der Waals surface area contributed by atoms with Gasteiger partial charge in [0.05, 0.1) is 5.56 Å². The van der Waals surface area contributed by atoms with Crippen LogP contribution in [-0.2, 0) is 0 Å². The van der Waals surface area contributed by atoms with E-state index in [-0.39, 0.29) is 11.2 Å². The third-order valence-corrected chi connectivity index (χ3v) is 5.29. The molecular formula is C16H19NO3. The van der Waals surface area contributed by atoms with Gasteiger partial charge in [0.25, 0.3) is 0 Å². The minimum absolute atomic E-state index is 0.0213. The highest BCUT2D eigenvalue weighted by atomic mass is 16.5. The summed E-state index contributed by atoms with van der Waals surface area (Å²) in [5.74, 6) is 2.13. The van der Waals surface area contributed by atoms with E-state index in [1.54, 1.807) is 12.1 Å². The Balaban J connectivity index is 1.55. The number of carbonyl (C=O) groups is 1. The van der Waals surface area contributed by atoms with Crippen molar-refractivity contribution in [1.82, 2.24) is 4.98 Å². The van der Waals surface area contributed by atoms with Crippen molar-refractivity contribution in [3.63, 3.8) is 0 Å². The van der Waals surface area contributed by atoms with Crippen LogP contribution in [-0.4, -0.2) is 21.7 Å². The van der Waals surface area contributed by atoms with Gasteiger partial charge in [-0.3, -0.25) is 0 Å². The van der Waals surface area contributed by atoms with Crippen molar-refractivity contribution in [3.05, 3.63) is 23.9 Å². The Morgan fingerprint density at radius 2 is 1.75 bits per heavy atom. The maximum Gasteiger partial charge on any atom is 0.337 e. The van der Waals surface area contributed by atoms with Crippen LogP contribution in [0, 0.1) is 17.8 Å². The maximum atomic E-state index is 10.8. The fourth-order valence-corrected chi connectivity index (χ4v) is 4.95. The number of aromatic carboxylic acids is 1. The number of pyridine rings is 1. The van der Waals surface area contributed by atoms with Crippen molar-refractivity contribution in [2.24, 2.45) is 17.8 Å². The molecule has 1 N–H and O–H groups in total. The fraction of sp³-hybridized carbons (Fsp3) is 0.625. The molecule has 4 saturated carbocycles. The smallest absolute Gasteiger partial charge is 0.337 e. The number of carboxylic acid groups (broad SMARTS) is 1. The second-order valence-corrected chi connectivity index (χ2v) is 6.89. The summed E-state index contributed by atoms with van der Waals surface area (Å²) < 4.78 is 6.25. The Hall–Kier alpha value is -1.58. The Morgan fingerprint density at radius 3 is 2.20 bits per heavy atom. The molecule has 0 unspecified atom stereocenters. The minimum Gasteiger partial charge on any atom is -0.478 e. The first-order valence-electron chi connectivity index (χ1n) is 7.50. The van der Waals surface area contributed by atoms with Crippen molar-refractivity contribution in [2.45, 2.75) is 44.1 Å². The molecule has 0 aromatic carbocycles. The van der Waals surface area contributed by atoms with Crippen LogP contribution in [0.25, 0.3) is 0 Å². The zero-order valence-electron chi connectivity index (χ0n) is 11.4. The molecule has 1 aromatic heterocycles. The molecule has 106 valence electrons. The lowest BCUT2D eigenvalue weighted by Crippen LogP contribution is -2.53. The van der Waals surface area contributed by atoms with Gasteiger partial charge < -0.3 is 9.84 Å². The van der Waals surface area contributed by atoms with E-state index < -0.39 is 5.97 Å². The van der Waals surface area contributed by atoms with E-state index in [1.807, 2.05) is 0 Å². The topological polar surface area (TPSA) is 59.4 Å². The Morgan fingerprint density at radius 1 is 1.15 bits per heavy atom. The van der Waals surface area contributed by atoms with E-state index in [9.17, 15) is 4.79 Å². The lowest BCUT2D eigenvalue weighted by molar-refractivity contribution is -0.109. The van der Waals surface area contributed by atoms with Crippen LogP contribution in [0.1, 0.15) is 48.9 Å². The summed E-state index contributed by atoms with van der Waals surface area (Å²) in [7, 11) is 0. The molecular weight excluding hydrogens is 254 g/mol. The van der Waals surface area contributed by atoms with Gasteiger partial charge in [-0.1, -0.05) is 0 Å². The molecule has 0 aliphatic heterocycles. The van der Waals surface area contributed by atoms with Crippen molar-refractivity contribution in [2.75, 3.05) is 0 Å². The van der Waals surface area contributed by atoms with E-state index in [1.165, 1.54) is 25.5 Å². The van der Waals surface area contributed by atoms with Gasteiger partial charge in [-0.05, 0) is 62.3 Å². The van der Waals surface area contributed by atoms with Crippen LogP contribution in [0.15, 0.2) is 18.3 Å². The van der Waals surface area contributed by atoms with Gasteiger partial charge >= 0.3 is 5.97 Å². The number of hydrogen-bond donors (Lipinski definition) is 1. The van der Waals surface area contributed by atoms with Gasteiger partial charge in [-0.15, -0.1) is 0 Å². The molecule has 4 nitrogen and oxygen atoms in total. The van der Waals surface area contributed by atoms with Crippen LogP contribution < -0.4 is 4.74 Å². The highest BCUT2D eigenvalue weighted by Gasteiger charge is 2.52. The first-order valence-corrected chi connectivity index (χ1v) is 7.50. The molecule has 20 heavy (non-hydrogen) atoms. The van der Waals surface area contributed by atoms with Gasteiger partial charge in [0.15, 0.2) is 0 Å². The van der Waals surface area contributed by atoms with Crippen LogP contribution in [0.2, 0.25) is 0 Å². The van der Waals surface area contributed by atoms with E-state index in [2.05, 4.69) is 4.98 Å². The standard InChI is InChI=1S/C16H19NO3/c18-15(19)13-1-2-14(17-9-13)20-16-6-10-3-11(7-16)5-12(4-10)8-16/h1-2,9-12H,3-8H2,(H,18,19). The average molecular weight is 273 g/mol. The lowest BCUT2D eigenvalue weighted by atomic mass is 9.54. The summed E-state index contributed by atoms with van der Waals surface area (Å²) in [5, 5.41) is 8.90. The summed E-state index contributed by atoms with van der Waals surface area (Å²) in [6.07, 6.45) is 9.00. The summed E-state index contributed by atoms with van der Waals surface area (Å²) in [6, 6.07) is 3.27. The molecule has 0 amide bonds. The van der Waals surface area contributed by atoms with Crippen LogP contribution in [0.5, 0.6) is 5.88 Å². The second-order valence-electron chi connectivity index (χ2n) is 6.89. The first kappa shape index (κ1) is 12.2. The molecule has 0 saturated heterocycles. The highest BCUT2D eigenvalue weighted by Crippen LogP contribution is 2.56. The van der Waals surface area contributed by atoms with E-state index in [0.29, 0.717) is 5.88 Å². The summed E-state index contributed by atoms with van der Waals surface area (Å²) in [6.45, 7) is 0. The van der Waals surface area contributed by atoms with E-state index >= 15 is 0 Å². The normalized spacial score (nSPS) is 37.9. The number of hydrogen-bond acceptors (Lipinski definition) is 3. The molecule has 4 heteroatoms. The molecule has 4 fully saturated rings. The van der Waals surface area contributed by atoms with E-state index in [0.717, 1.165) is 37.0 Å². The maximum absolute atomic E-state index is 10.8. The van der Waals surface area contributed by atoms with E-state index in [4.69, 9.17) is 9.84 Å². The van der Waals surface area contributed by atoms with Gasteiger partial charge in [-0.25, -0.2) is 9.78 Å². The molecule has 4 aliphatic carbocycles. The second kappa shape index (κ2) is 4.21. The SMILES string of the molecule is O=C(O)c1ccc(OC23CC4CC(CC(C4)C2)C3)nc1. The van der Waals surface area contributed by atoms with Gasteiger partial charge in [-0.2, -0.15) is 0 Å². The summed E-state index contributed by atoms with van der Waals surface area (Å²) >= 11 is 0. The zero-order chi connectivity index (χ0) is 13.7. The zero-order valence-corrected chi connectivity index (χ0v) is 11.4. The quantitative estimate of drug-likeness (QED) is 0.919. The number of rotatable bonds is 3. The van der Waals surface area contributed by atoms with Crippen LogP contribution >= 0.6 is 0 Å². The number of carboxylic acids is 1.